The molecule has 0 aliphatic carbocycles. The van der Waals surface area contributed by atoms with Gasteiger partial charge in [0.2, 0.25) is 17.7 Å². The average Bonchev–Trinajstić information content (AvgIpc) is 2.87. The molecule has 1 rings (SSSR count). The van der Waals surface area contributed by atoms with Gasteiger partial charge in [-0.1, -0.05) is 44.2 Å². The van der Waals surface area contributed by atoms with E-state index in [0.29, 0.717) is 12.0 Å². The number of alkyl carbamates (subject to hydrolysis) is 1. The van der Waals surface area contributed by atoms with Crippen LogP contribution in [0.3, 0.4) is 0 Å². The molecule has 11 nitrogen and oxygen atoms in total. The van der Waals surface area contributed by atoms with Crippen LogP contribution in [0.1, 0.15) is 83.9 Å². The molecule has 0 aliphatic rings. The molecule has 0 heterocycles. The monoisotopic (exact) mass is 560 g/mol. The summed E-state index contributed by atoms with van der Waals surface area (Å²) in [6, 6.07) is 4.74. The molecule has 0 radical (unpaired) electrons. The number of primary amides is 1. The number of nitrogens with two attached hydrogens (primary N) is 1. The van der Waals surface area contributed by atoms with Crippen LogP contribution < -0.4 is 16.4 Å². The van der Waals surface area contributed by atoms with E-state index in [2.05, 4.69) is 17.2 Å². The van der Waals surface area contributed by atoms with Crippen LogP contribution in [0.4, 0.5) is 4.79 Å². The van der Waals surface area contributed by atoms with E-state index in [0.717, 1.165) is 12.0 Å². The minimum absolute atomic E-state index is 0.00634. The van der Waals surface area contributed by atoms with Crippen LogP contribution in [0.15, 0.2) is 30.8 Å². The number of benzene rings is 1. The summed E-state index contributed by atoms with van der Waals surface area (Å²) in [6.45, 7) is 12.9. The second kappa shape index (κ2) is 16.9. The van der Waals surface area contributed by atoms with Gasteiger partial charge in [0.25, 0.3) is 0 Å². The number of unbranched alkanes of at least 4 members (excludes halogenated alkanes) is 1. The van der Waals surface area contributed by atoms with Gasteiger partial charge >= 0.3 is 12.1 Å². The van der Waals surface area contributed by atoms with Crippen LogP contribution in [-0.2, 0) is 28.7 Å². The molecule has 40 heavy (non-hydrogen) atoms. The summed E-state index contributed by atoms with van der Waals surface area (Å²) < 4.78 is 10.3. The first-order chi connectivity index (χ1) is 18.8. The first-order valence-electron chi connectivity index (χ1n) is 13.6. The highest BCUT2D eigenvalue weighted by molar-refractivity contribution is 5.92. The predicted octanol–water partition coefficient (Wildman–Crippen LogP) is 3.23. The van der Waals surface area contributed by atoms with Crippen molar-refractivity contribution in [2.75, 3.05) is 19.7 Å². The van der Waals surface area contributed by atoms with E-state index in [4.69, 9.17) is 15.2 Å². The van der Waals surface area contributed by atoms with E-state index in [1.807, 2.05) is 13.0 Å². The molecule has 1 aromatic carbocycles. The molecule has 0 saturated heterocycles. The lowest BCUT2D eigenvalue weighted by Crippen LogP contribution is -2.53. The topological polar surface area (TPSA) is 157 Å². The molecule has 1 aromatic rings. The molecule has 0 spiro atoms. The molecule has 4 N–H and O–H groups in total. The SMILES string of the molecule is C=Cc1cccc(C(C(=O)NCCC(=O)OCC)N(CCCC)C(=O)C(CCC(N)=O)NC(=O)OC(C)(C)C)c1. The third-order valence-electron chi connectivity index (χ3n) is 5.66. The Kier molecular flexibility index (Phi) is 14.5. The van der Waals surface area contributed by atoms with Crippen LogP contribution in [0.25, 0.3) is 6.08 Å². The third kappa shape index (κ3) is 12.3. The maximum atomic E-state index is 14.0. The van der Waals surface area contributed by atoms with Gasteiger partial charge in [-0.2, -0.15) is 0 Å². The van der Waals surface area contributed by atoms with Crippen LogP contribution in [0.5, 0.6) is 0 Å². The lowest BCUT2D eigenvalue weighted by atomic mass is 9.99. The zero-order chi connectivity index (χ0) is 30.3. The van der Waals surface area contributed by atoms with Gasteiger partial charge in [-0.3, -0.25) is 19.2 Å². The van der Waals surface area contributed by atoms with Crippen molar-refractivity contribution in [3.05, 3.63) is 42.0 Å². The van der Waals surface area contributed by atoms with Gasteiger partial charge in [0.15, 0.2) is 0 Å². The Labute approximate surface area is 236 Å². The molecular weight excluding hydrogens is 516 g/mol. The second-order valence-corrected chi connectivity index (χ2v) is 10.2. The smallest absolute Gasteiger partial charge is 0.408 e. The van der Waals surface area contributed by atoms with Crippen LogP contribution in [0, 0.1) is 0 Å². The number of esters is 1. The molecule has 11 heteroatoms. The Bertz CT molecular complexity index is 1040. The molecule has 4 amide bonds. The molecule has 0 saturated carbocycles. The normalized spacial score (nSPS) is 12.4. The van der Waals surface area contributed by atoms with E-state index < -0.39 is 47.5 Å². The lowest BCUT2D eigenvalue weighted by Gasteiger charge is -2.34. The number of nitrogens with one attached hydrogen (secondary N) is 2. The zero-order valence-corrected chi connectivity index (χ0v) is 24.3. The van der Waals surface area contributed by atoms with Crippen molar-refractivity contribution in [2.24, 2.45) is 5.73 Å². The molecular formula is C29H44N4O7. The van der Waals surface area contributed by atoms with Crippen molar-refractivity contribution in [2.45, 2.75) is 84.4 Å². The quantitative estimate of drug-likeness (QED) is 0.262. The van der Waals surface area contributed by atoms with Crippen molar-refractivity contribution in [3.8, 4) is 0 Å². The summed E-state index contributed by atoms with van der Waals surface area (Å²) >= 11 is 0. The van der Waals surface area contributed by atoms with Gasteiger partial charge in [-0.25, -0.2) is 4.79 Å². The largest absolute Gasteiger partial charge is 0.466 e. The van der Waals surface area contributed by atoms with Gasteiger partial charge in [0, 0.05) is 19.5 Å². The maximum Gasteiger partial charge on any atom is 0.408 e. The fourth-order valence-corrected chi connectivity index (χ4v) is 3.84. The maximum absolute atomic E-state index is 14.0. The summed E-state index contributed by atoms with van der Waals surface area (Å²) in [4.78, 5) is 65.0. The van der Waals surface area contributed by atoms with Gasteiger partial charge in [-0.05, 0) is 57.7 Å². The highest BCUT2D eigenvalue weighted by atomic mass is 16.6. The van der Waals surface area contributed by atoms with Crippen LogP contribution in [0.2, 0.25) is 0 Å². The summed E-state index contributed by atoms with van der Waals surface area (Å²) in [6.07, 6.45) is 1.78. The van der Waals surface area contributed by atoms with E-state index in [1.165, 1.54) is 4.90 Å². The Hall–Kier alpha value is -3.89. The van der Waals surface area contributed by atoms with E-state index in [9.17, 15) is 24.0 Å². The van der Waals surface area contributed by atoms with E-state index in [1.54, 1.807) is 52.0 Å². The first kappa shape index (κ1) is 34.1. The highest BCUT2D eigenvalue weighted by Crippen LogP contribution is 2.25. The second-order valence-electron chi connectivity index (χ2n) is 10.2. The van der Waals surface area contributed by atoms with E-state index >= 15 is 0 Å². The molecule has 0 bridgehead atoms. The predicted molar refractivity (Wildman–Crippen MR) is 152 cm³/mol. The van der Waals surface area contributed by atoms with Crippen molar-refractivity contribution >= 4 is 35.9 Å². The Morgan fingerprint density at radius 2 is 1.82 bits per heavy atom. The number of ether oxygens (including phenoxy) is 2. The zero-order valence-electron chi connectivity index (χ0n) is 24.3. The molecule has 0 fully saturated rings. The first-order valence-corrected chi connectivity index (χ1v) is 13.6. The molecule has 2 atom stereocenters. The molecule has 0 aromatic heterocycles. The number of carbonyl (C=O) groups excluding carboxylic acids is 5. The number of hydrogen-bond donors (Lipinski definition) is 3. The Morgan fingerprint density at radius 3 is 2.40 bits per heavy atom. The van der Waals surface area contributed by atoms with Crippen molar-refractivity contribution in [1.82, 2.24) is 15.5 Å². The summed E-state index contributed by atoms with van der Waals surface area (Å²) in [5.41, 5.74) is 5.77. The fourth-order valence-electron chi connectivity index (χ4n) is 3.84. The van der Waals surface area contributed by atoms with Gasteiger partial charge in [0.05, 0.1) is 13.0 Å². The number of hydrogen-bond acceptors (Lipinski definition) is 7. The lowest BCUT2D eigenvalue weighted by molar-refractivity contribution is -0.144. The minimum atomic E-state index is -1.18. The number of nitrogens with zero attached hydrogens (tertiary/aromatic N) is 1. The number of amides is 4. The summed E-state index contributed by atoms with van der Waals surface area (Å²) in [7, 11) is 0. The van der Waals surface area contributed by atoms with Crippen LogP contribution in [-0.4, -0.2) is 66.0 Å². The third-order valence-corrected chi connectivity index (χ3v) is 5.66. The molecule has 2 unspecified atom stereocenters. The van der Waals surface area contributed by atoms with Crippen molar-refractivity contribution < 1.29 is 33.4 Å². The Balaban J connectivity index is 3.47. The van der Waals surface area contributed by atoms with Crippen molar-refractivity contribution in [1.29, 1.82) is 0 Å². The van der Waals surface area contributed by atoms with Gasteiger partial charge < -0.3 is 30.7 Å². The molecule has 0 aliphatic heterocycles. The van der Waals surface area contributed by atoms with Crippen molar-refractivity contribution in [3.63, 3.8) is 0 Å². The summed E-state index contributed by atoms with van der Waals surface area (Å²) in [5.74, 6) is -2.19. The molecule has 222 valence electrons. The highest BCUT2D eigenvalue weighted by Gasteiger charge is 2.36. The minimum Gasteiger partial charge on any atom is -0.466 e. The number of rotatable bonds is 16. The van der Waals surface area contributed by atoms with Gasteiger partial charge in [-0.15, -0.1) is 0 Å². The van der Waals surface area contributed by atoms with E-state index in [-0.39, 0.29) is 39.0 Å². The average molecular weight is 561 g/mol. The van der Waals surface area contributed by atoms with Gasteiger partial charge in [0.1, 0.15) is 17.7 Å². The fraction of sp³-hybridized carbons (Fsp3) is 0.552. The van der Waals surface area contributed by atoms with Crippen LogP contribution >= 0.6 is 0 Å². The summed E-state index contributed by atoms with van der Waals surface area (Å²) in [5, 5.41) is 5.29. The standard InChI is InChI=1S/C29H44N4O7/c1-7-10-18-33(27(37)22(14-15-23(30)34)32-28(38)40-29(4,5)6)25(21-13-11-12-20(8-2)19-21)26(36)31-17-16-24(35)39-9-3/h8,11-13,19,22,25H,2,7,9-10,14-18H2,1,3-6H3,(H2,30,34)(H,31,36)(H,32,38). The Morgan fingerprint density at radius 1 is 1.12 bits per heavy atom. The number of carbonyl (C=O) groups is 5.